The molecule has 0 amide bonds. The molecule has 0 saturated heterocycles. The van der Waals surface area contributed by atoms with Crippen molar-refractivity contribution < 1.29 is 0 Å². The van der Waals surface area contributed by atoms with Gasteiger partial charge in [0.05, 0.1) is 6.42 Å². The highest BCUT2D eigenvalue weighted by atomic mass is 13.8. The fourth-order valence-corrected chi connectivity index (χ4v) is 0.471. The highest BCUT2D eigenvalue weighted by Gasteiger charge is 1.76. The summed E-state index contributed by atoms with van der Waals surface area (Å²) in [6.07, 6.45) is 2.71. The Morgan fingerprint density at radius 3 is 1.86 bits per heavy atom. The summed E-state index contributed by atoms with van der Waals surface area (Å²) in [6, 6.07) is 0. The first kappa shape index (κ1) is 4.28. The van der Waals surface area contributed by atoms with Crippen molar-refractivity contribution in [3.8, 4) is 23.7 Å². The van der Waals surface area contributed by atoms with E-state index in [4.69, 9.17) is 0 Å². The van der Waals surface area contributed by atoms with Crippen molar-refractivity contribution in [2.75, 3.05) is 0 Å². The Balaban J connectivity index is 2.55. The van der Waals surface area contributed by atoms with Crippen molar-refractivity contribution in [3.05, 3.63) is 0 Å². The summed E-state index contributed by atoms with van der Waals surface area (Å²) < 4.78 is 0. The molecule has 0 radical (unpaired) electrons. The molecule has 0 saturated carbocycles. The van der Waals surface area contributed by atoms with Gasteiger partial charge in [-0.1, -0.05) is 11.8 Å². The Hall–Kier alpha value is -0.880. The lowest BCUT2D eigenvalue weighted by Crippen LogP contribution is -1.58. The SMILES string of the molecule is C1#CCCC#CC1. The highest BCUT2D eigenvalue weighted by Crippen LogP contribution is 1.87. The predicted molar refractivity (Wildman–Crippen MR) is 29.4 cm³/mol. The first-order valence-electron chi connectivity index (χ1n) is 2.41. The van der Waals surface area contributed by atoms with Crippen LogP contribution >= 0.6 is 0 Å². The average molecular weight is 90.1 g/mol. The molecule has 1 aliphatic rings. The van der Waals surface area contributed by atoms with E-state index in [-0.39, 0.29) is 0 Å². The monoisotopic (exact) mass is 90.0 g/mol. The molecule has 0 aliphatic heterocycles. The summed E-state index contributed by atoms with van der Waals surface area (Å²) in [5.41, 5.74) is 0. The molecule has 0 fully saturated rings. The van der Waals surface area contributed by atoms with E-state index in [1.165, 1.54) is 0 Å². The van der Waals surface area contributed by atoms with Crippen LogP contribution in [0.15, 0.2) is 0 Å². The van der Waals surface area contributed by atoms with E-state index in [1.54, 1.807) is 0 Å². The lowest BCUT2D eigenvalue weighted by atomic mass is 10.3. The molecular formula is C7H6. The normalized spacial score (nSPS) is 14.9. The van der Waals surface area contributed by atoms with Gasteiger partial charge in [0.25, 0.3) is 0 Å². The van der Waals surface area contributed by atoms with Crippen LogP contribution in [0.4, 0.5) is 0 Å². The third-order valence-corrected chi connectivity index (χ3v) is 0.802. The van der Waals surface area contributed by atoms with Gasteiger partial charge in [0.2, 0.25) is 0 Å². The van der Waals surface area contributed by atoms with Crippen molar-refractivity contribution >= 4 is 0 Å². The second-order valence-corrected chi connectivity index (χ2v) is 1.38. The molecule has 34 valence electrons. The second-order valence-electron chi connectivity index (χ2n) is 1.38. The highest BCUT2D eigenvalue weighted by molar-refractivity contribution is 5.15. The maximum atomic E-state index is 2.97. The van der Waals surface area contributed by atoms with Gasteiger partial charge in [-0.15, -0.1) is 11.8 Å². The standard InChI is InChI=1S/C7H6/c1-2-4-6-7-5-3-1/h1-2,7H2. The van der Waals surface area contributed by atoms with Crippen molar-refractivity contribution in [1.82, 2.24) is 0 Å². The second kappa shape index (κ2) is 2.32. The molecule has 1 rings (SSSR count). The summed E-state index contributed by atoms with van der Waals surface area (Å²) in [6.45, 7) is 0. The summed E-state index contributed by atoms with van der Waals surface area (Å²) in [5, 5.41) is 0. The minimum absolute atomic E-state index is 0.778. The maximum absolute atomic E-state index is 2.97. The van der Waals surface area contributed by atoms with Crippen LogP contribution in [0.5, 0.6) is 0 Å². The number of rotatable bonds is 0. The van der Waals surface area contributed by atoms with E-state index in [2.05, 4.69) is 23.7 Å². The summed E-state index contributed by atoms with van der Waals surface area (Å²) >= 11 is 0. The van der Waals surface area contributed by atoms with Gasteiger partial charge in [0.1, 0.15) is 0 Å². The van der Waals surface area contributed by atoms with Gasteiger partial charge in [0, 0.05) is 12.8 Å². The average Bonchev–Trinajstić information content (AvgIpc) is 1.90. The molecule has 0 unspecified atom stereocenters. The topological polar surface area (TPSA) is 0 Å². The fraction of sp³-hybridized carbons (Fsp3) is 0.429. The van der Waals surface area contributed by atoms with Gasteiger partial charge >= 0.3 is 0 Å². The Morgan fingerprint density at radius 2 is 1.29 bits per heavy atom. The molecular weight excluding hydrogens is 84.1 g/mol. The van der Waals surface area contributed by atoms with Crippen LogP contribution in [0, 0.1) is 23.7 Å². The molecule has 0 aromatic carbocycles. The first-order chi connectivity index (χ1) is 3.50. The van der Waals surface area contributed by atoms with Crippen LogP contribution in [0.3, 0.4) is 0 Å². The number of hydrogen-bond donors (Lipinski definition) is 0. The Morgan fingerprint density at radius 1 is 0.714 bits per heavy atom. The number of hydrogen-bond acceptors (Lipinski definition) is 0. The van der Waals surface area contributed by atoms with E-state index in [0.717, 1.165) is 19.3 Å². The van der Waals surface area contributed by atoms with E-state index < -0.39 is 0 Å². The van der Waals surface area contributed by atoms with Crippen molar-refractivity contribution in [3.63, 3.8) is 0 Å². The van der Waals surface area contributed by atoms with Gasteiger partial charge in [-0.2, -0.15) is 0 Å². The van der Waals surface area contributed by atoms with Crippen molar-refractivity contribution in [2.45, 2.75) is 19.3 Å². The van der Waals surface area contributed by atoms with E-state index in [0.29, 0.717) is 0 Å². The van der Waals surface area contributed by atoms with Gasteiger partial charge in [-0.25, -0.2) is 0 Å². The fourth-order valence-electron chi connectivity index (χ4n) is 0.471. The van der Waals surface area contributed by atoms with Gasteiger partial charge in [-0.05, 0) is 0 Å². The lowest BCUT2D eigenvalue weighted by Gasteiger charge is -1.70. The Bertz CT molecular complexity index is 136. The third kappa shape index (κ3) is 1.33. The maximum Gasteiger partial charge on any atom is 0.0702 e. The molecule has 0 heteroatoms. The van der Waals surface area contributed by atoms with Crippen LogP contribution in [0.2, 0.25) is 0 Å². The van der Waals surface area contributed by atoms with Crippen LogP contribution in [0.1, 0.15) is 19.3 Å². The third-order valence-electron chi connectivity index (χ3n) is 0.802. The van der Waals surface area contributed by atoms with Crippen molar-refractivity contribution in [1.29, 1.82) is 0 Å². The van der Waals surface area contributed by atoms with Crippen LogP contribution in [0.25, 0.3) is 0 Å². The van der Waals surface area contributed by atoms with Crippen molar-refractivity contribution in [2.24, 2.45) is 0 Å². The quantitative estimate of drug-likeness (QED) is 0.392. The van der Waals surface area contributed by atoms with E-state index in [1.807, 2.05) is 0 Å². The summed E-state index contributed by atoms with van der Waals surface area (Å²) in [5.74, 6) is 11.8. The predicted octanol–water partition coefficient (Wildman–Crippen LogP) is 1.18. The largest absolute Gasteiger partial charge is 0.101 e. The molecule has 0 atom stereocenters. The van der Waals surface area contributed by atoms with Crippen LogP contribution in [-0.2, 0) is 0 Å². The van der Waals surface area contributed by atoms with E-state index >= 15 is 0 Å². The summed E-state index contributed by atoms with van der Waals surface area (Å²) in [7, 11) is 0. The minimum Gasteiger partial charge on any atom is -0.101 e. The molecule has 0 aromatic heterocycles. The molecule has 0 aromatic rings. The zero-order valence-corrected chi connectivity index (χ0v) is 4.12. The van der Waals surface area contributed by atoms with Gasteiger partial charge < -0.3 is 0 Å². The lowest BCUT2D eigenvalue weighted by molar-refractivity contribution is 1.13. The molecule has 7 heavy (non-hydrogen) atoms. The molecule has 0 nitrogen and oxygen atoms in total. The Kier molecular flexibility index (Phi) is 1.42. The van der Waals surface area contributed by atoms with E-state index in [9.17, 15) is 0 Å². The van der Waals surface area contributed by atoms with Crippen LogP contribution < -0.4 is 0 Å². The Labute approximate surface area is 43.9 Å². The summed E-state index contributed by atoms with van der Waals surface area (Å²) in [4.78, 5) is 0. The van der Waals surface area contributed by atoms with Crippen LogP contribution in [-0.4, -0.2) is 0 Å². The smallest absolute Gasteiger partial charge is 0.0702 e. The molecule has 1 aliphatic carbocycles. The molecule has 0 bridgehead atoms. The first-order valence-corrected chi connectivity index (χ1v) is 2.41. The van der Waals surface area contributed by atoms with Gasteiger partial charge in [-0.3, -0.25) is 0 Å². The molecule has 0 spiro atoms. The zero-order valence-electron chi connectivity index (χ0n) is 4.12. The molecule has 0 N–H and O–H groups in total. The molecule has 0 heterocycles. The zero-order chi connectivity index (χ0) is 4.95. The van der Waals surface area contributed by atoms with Gasteiger partial charge in [0.15, 0.2) is 0 Å². The minimum atomic E-state index is 0.778.